The first-order valence-corrected chi connectivity index (χ1v) is 5.99. The third-order valence-electron chi connectivity index (χ3n) is 2.61. The molecule has 0 fully saturated rings. The van der Waals surface area contributed by atoms with Crippen LogP contribution < -0.4 is 0 Å². The van der Waals surface area contributed by atoms with Crippen LogP contribution in [0.3, 0.4) is 0 Å². The molecule has 0 spiro atoms. The Labute approximate surface area is 109 Å². The SMILES string of the molecule is O=[N+]([O-])c1cc(C(O)C(O)CCS)ccc1CO. The molecule has 0 radical (unpaired) electrons. The highest BCUT2D eigenvalue weighted by Crippen LogP contribution is 2.26. The molecule has 100 valence electrons. The maximum absolute atomic E-state index is 10.8. The zero-order valence-corrected chi connectivity index (χ0v) is 10.5. The average Bonchev–Trinajstić information content (AvgIpc) is 2.37. The summed E-state index contributed by atoms with van der Waals surface area (Å²) in [7, 11) is 0. The zero-order valence-electron chi connectivity index (χ0n) is 9.56. The lowest BCUT2D eigenvalue weighted by Crippen LogP contribution is -2.19. The van der Waals surface area contributed by atoms with Gasteiger partial charge in [0.05, 0.1) is 23.2 Å². The van der Waals surface area contributed by atoms with Crippen molar-refractivity contribution < 1.29 is 20.2 Å². The minimum Gasteiger partial charge on any atom is -0.391 e. The first-order valence-electron chi connectivity index (χ1n) is 5.36. The number of nitrogens with zero attached hydrogens (tertiary/aromatic N) is 1. The fraction of sp³-hybridized carbons (Fsp3) is 0.455. The highest BCUT2D eigenvalue weighted by Gasteiger charge is 2.21. The fourth-order valence-corrected chi connectivity index (χ4v) is 1.85. The maximum atomic E-state index is 10.8. The second-order valence-electron chi connectivity index (χ2n) is 3.83. The standard InChI is InChI=1S/C11H15NO5S/c13-6-8-2-1-7(5-9(8)12(16)17)11(15)10(14)3-4-18/h1-2,5,10-11,13-15,18H,3-4,6H2. The third kappa shape index (κ3) is 3.42. The molecule has 1 rings (SSSR count). The minimum absolute atomic E-state index is 0.166. The van der Waals surface area contributed by atoms with E-state index in [4.69, 9.17) is 5.11 Å². The molecule has 0 heterocycles. The molecule has 6 nitrogen and oxygen atoms in total. The Morgan fingerprint density at radius 1 is 1.39 bits per heavy atom. The lowest BCUT2D eigenvalue weighted by Gasteiger charge is -2.17. The van der Waals surface area contributed by atoms with E-state index in [1.54, 1.807) is 0 Å². The van der Waals surface area contributed by atoms with Gasteiger partial charge in [0.15, 0.2) is 0 Å². The molecule has 7 heteroatoms. The Bertz CT molecular complexity index is 426. The summed E-state index contributed by atoms with van der Waals surface area (Å²) in [6, 6.07) is 3.98. The summed E-state index contributed by atoms with van der Waals surface area (Å²) in [5.74, 6) is 0.398. The number of aliphatic hydroxyl groups excluding tert-OH is 3. The van der Waals surface area contributed by atoms with Crippen LogP contribution in [0.25, 0.3) is 0 Å². The van der Waals surface area contributed by atoms with Crippen molar-refractivity contribution in [2.24, 2.45) is 0 Å². The van der Waals surface area contributed by atoms with Crippen molar-refractivity contribution in [1.29, 1.82) is 0 Å². The molecule has 0 aromatic heterocycles. The number of benzene rings is 1. The Kier molecular flexibility index (Phi) is 5.54. The molecule has 2 atom stereocenters. The molecule has 18 heavy (non-hydrogen) atoms. The smallest absolute Gasteiger partial charge is 0.275 e. The van der Waals surface area contributed by atoms with Crippen LogP contribution in [0.15, 0.2) is 18.2 Å². The van der Waals surface area contributed by atoms with Gasteiger partial charge in [0.25, 0.3) is 5.69 Å². The summed E-state index contributed by atoms with van der Waals surface area (Å²) >= 11 is 3.94. The number of aliphatic hydroxyl groups is 3. The van der Waals surface area contributed by atoms with Gasteiger partial charge in [-0.25, -0.2) is 0 Å². The number of hydrogen-bond acceptors (Lipinski definition) is 6. The summed E-state index contributed by atoms with van der Waals surface area (Å²) in [4.78, 5) is 10.2. The monoisotopic (exact) mass is 273 g/mol. The Morgan fingerprint density at radius 2 is 2.06 bits per heavy atom. The maximum Gasteiger partial charge on any atom is 0.275 e. The van der Waals surface area contributed by atoms with Gasteiger partial charge in [-0.05, 0) is 23.8 Å². The highest BCUT2D eigenvalue weighted by molar-refractivity contribution is 7.80. The second kappa shape index (κ2) is 6.69. The summed E-state index contributed by atoms with van der Waals surface area (Å²) in [5.41, 5.74) is 0.139. The van der Waals surface area contributed by atoms with Crippen LogP contribution in [0.4, 0.5) is 5.69 Å². The summed E-state index contributed by atoms with van der Waals surface area (Å²) in [6.45, 7) is -0.452. The lowest BCUT2D eigenvalue weighted by atomic mass is 10.00. The van der Waals surface area contributed by atoms with Gasteiger partial charge in [0, 0.05) is 6.07 Å². The molecule has 0 aliphatic carbocycles. The predicted octanol–water partition coefficient (Wildman–Crippen LogP) is 0.801. The fourth-order valence-electron chi connectivity index (χ4n) is 1.58. The van der Waals surface area contributed by atoms with Gasteiger partial charge < -0.3 is 15.3 Å². The molecule has 0 saturated carbocycles. The van der Waals surface area contributed by atoms with Gasteiger partial charge in [-0.3, -0.25) is 10.1 Å². The number of hydrogen-bond donors (Lipinski definition) is 4. The topological polar surface area (TPSA) is 104 Å². The van der Waals surface area contributed by atoms with Crippen LogP contribution in [0, 0.1) is 10.1 Å². The Morgan fingerprint density at radius 3 is 2.56 bits per heavy atom. The number of thiol groups is 1. The average molecular weight is 273 g/mol. The molecular weight excluding hydrogens is 258 g/mol. The first kappa shape index (κ1) is 14.9. The van der Waals surface area contributed by atoms with Gasteiger partial charge in [0.1, 0.15) is 6.10 Å². The van der Waals surface area contributed by atoms with E-state index in [0.717, 1.165) is 6.07 Å². The van der Waals surface area contributed by atoms with E-state index in [0.29, 0.717) is 5.75 Å². The Hall–Kier alpha value is -1.15. The van der Waals surface area contributed by atoms with Crippen LogP contribution in [-0.4, -0.2) is 32.1 Å². The molecule has 0 saturated heterocycles. The van der Waals surface area contributed by atoms with Crippen molar-refractivity contribution in [3.8, 4) is 0 Å². The van der Waals surface area contributed by atoms with Gasteiger partial charge in [-0.1, -0.05) is 6.07 Å². The highest BCUT2D eigenvalue weighted by atomic mass is 32.1. The normalized spacial score (nSPS) is 14.2. The quantitative estimate of drug-likeness (QED) is 0.349. The molecule has 0 aliphatic heterocycles. The molecule has 0 aliphatic rings. The van der Waals surface area contributed by atoms with Crippen LogP contribution in [0.2, 0.25) is 0 Å². The minimum atomic E-state index is -1.21. The van der Waals surface area contributed by atoms with Crippen molar-refractivity contribution >= 4 is 18.3 Å². The van der Waals surface area contributed by atoms with Gasteiger partial charge >= 0.3 is 0 Å². The number of rotatable bonds is 6. The van der Waals surface area contributed by atoms with Gasteiger partial charge in [-0.15, -0.1) is 0 Å². The van der Waals surface area contributed by atoms with Crippen molar-refractivity contribution in [2.45, 2.75) is 25.2 Å². The van der Waals surface area contributed by atoms with E-state index in [1.165, 1.54) is 12.1 Å². The second-order valence-corrected chi connectivity index (χ2v) is 4.28. The van der Waals surface area contributed by atoms with E-state index in [1.807, 2.05) is 0 Å². The lowest BCUT2D eigenvalue weighted by molar-refractivity contribution is -0.386. The largest absolute Gasteiger partial charge is 0.391 e. The van der Waals surface area contributed by atoms with Crippen LogP contribution in [0.5, 0.6) is 0 Å². The predicted molar refractivity (Wildman–Crippen MR) is 68.5 cm³/mol. The third-order valence-corrected chi connectivity index (χ3v) is 2.87. The molecule has 0 amide bonds. The van der Waals surface area contributed by atoms with E-state index in [9.17, 15) is 20.3 Å². The van der Waals surface area contributed by atoms with Gasteiger partial charge in [0.2, 0.25) is 0 Å². The van der Waals surface area contributed by atoms with Crippen LogP contribution in [0.1, 0.15) is 23.7 Å². The van der Waals surface area contributed by atoms with Crippen molar-refractivity contribution in [3.63, 3.8) is 0 Å². The molecular formula is C11H15NO5S. The summed E-state index contributed by atoms with van der Waals surface area (Å²) in [6.07, 6.45) is -1.95. The molecule has 2 unspecified atom stereocenters. The van der Waals surface area contributed by atoms with Gasteiger partial charge in [-0.2, -0.15) is 12.6 Å². The van der Waals surface area contributed by atoms with E-state index in [2.05, 4.69) is 12.6 Å². The van der Waals surface area contributed by atoms with E-state index >= 15 is 0 Å². The molecule has 3 N–H and O–H groups in total. The van der Waals surface area contributed by atoms with Crippen LogP contribution >= 0.6 is 12.6 Å². The Balaban J connectivity index is 3.04. The van der Waals surface area contributed by atoms with Crippen molar-refractivity contribution in [1.82, 2.24) is 0 Å². The van der Waals surface area contributed by atoms with Crippen LogP contribution in [-0.2, 0) is 6.61 Å². The van der Waals surface area contributed by atoms with E-state index < -0.39 is 23.7 Å². The van der Waals surface area contributed by atoms with Crippen molar-refractivity contribution in [3.05, 3.63) is 39.4 Å². The summed E-state index contributed by atoms with van der Waals surface area (Å²) in [5, 5.41) is 39.2. The number of nitro benzene ring substituents is 1. The van der Waals surface area contributed by atoms with Crippen molar-refractivity contribution in [2.75, 3.05) is 5.75 Å². The number of nitro groups is 1. The van der Waals surface area contributed by atoms with E-state index in [-0.39, 0.29) is 23.2 Å². The first-order chi connectivity index (χ1) is 8.51. The molecule has 1 aromatic rings. The molecule has 1 aromatic carbocycles. The molecule has 0 bridgehead atoms. The zero-order chi connectivity index (χ0) is 13.7. The summed E-state index contributed by atoms with van der Waals surface area (Å²) < 4.78 is 0.